The van der Waals surface area contributed by atoms with Crippen LogP contribution < -0.4 is 9.64 Å². The number of non-ortho nitro benzene ring substituents is 1. The quantitative estimate of drug-likeness (QED) is 0.318. The highest BCUT2D eigenvalue weighted by Crippen LogP contribution is 2.31. The summed E-state index contributed by atoms with van der Waals surface area (Å²) in [5, 5.41) is 11.4. The van der Waals surface area contributed by atoms with Crippen molar-refractivity contribution < 1.29 is 14.5 Å². The van der Waals surface area contributed by atoms with Crippen LogP contribution in [-0.4, -0.2) is 23.8 Å². The van der Waals surface area contributed by atoms with Gasteiger partial charge in [-0.25, -0.2) is 4.99 Å². The SMILES string of the molecule is COc1ccccc1C1=N/C(=C/c2ccc([N+](=O)[O-])cc2)C(=O)N1c1ccc(Cl)cc1. The summed E-state index contributed by atoms with van der Waals surface area (Å²) in [6, 6.07) is 20.1. The highest BCUT2D eigenvalue weighted by Gasteiger charge is 2.33. The number of hydrogen-bond acceptors (Lipinski definition) is 5. The van der Waals surface area contributed by atoms with Crippen LogP contribution in [0.5, 0.6) is 5.75 Å². The van der Waals surface area contributed by atoms with Crippen molar-refractivity contribution in [2.24, 2.45) is 4.99 Å². The van der Waals surface area contributed by atoms with Gasteiger partial charge in [-0.05, 0) is 60.2 Å². The van der Waals surface area contributed by atoms with E-state index >= 15 is 0 Å². The van der Waals surface area contributed by atoms with Crippen molar-refractivity contribution in [3.8, 4) is 5.75 Å². The number of amides is 1. The van der Waals surface area contributed by atoms with Crippen molar-refractivity contribution in [2.75, 3.05) is 12.0 Å². The van der Waals surface area contributed by atoms with Crippen molar-refractivity contribution in [1.82, 2.24) is 0 Å². The van der Waals surface area contributed by atoms with Gasteiger partial charge in [-0.3, -0.25) is 19.8 Å². The van der Waals surface area contributed by atoms with Crippen LogP contribution in [0.1, 0.15) is 11.1 Å². The van der Waals surface area contributed by atoms with E-state index in [1.807, 2.05) is 18.2 Å². The largest absolute Gasteiger partial charge is 0.496 e. The van der Waals surface area contributed by atoms with E-state index in [0.717, 1.165) is 0 Å². The molecule has 1 amide bonds. The van der Waals surface area contributed by atoms with Crippen LogP contribution in [0.2, 0.25) is 5.02 Å². The molecule has 0 aliphatic carbocycles. The number of nitro groups is 1. The molecule has 0 fully saturated rings. The molecule has 1 aliphatic heterocycles. The second-order valence-electron chi connectivity index (χ2n) is 6.63. The minimum Gasteiger partial charge on any atom is -0.496 e. The van der Waals surface area contributed by atoms with Gasteiger partial charge in [-0.15, -0.1) is 0 Å². The zero-order chi connectivity index (χ0) is 22.0. The summed E-state index contributed by atoms with van der Waals surface area (Å²) in [6.07, 6.45) is 1.59. The van der Waals surface area contributed by atoms with Gasteiger partial charge in [0.15, 0.2) is 5.84 Å². The maximum absolute atomic E-state index is 13.3. The van der Waals surface area contributed by atoms with Crippen LogP contribution in [0.15, 0.2) is 83.5 Å². The number of nitro benzene ring substituents is 1. The molecule has 0 aromatic heterocycles. The molecule has 7 nitrogen and oxygen atoms in total. The van der Waals surface area contributed by atoms with E-state index in [1.54, 1.807) is 55.7 Å². The molecule has 1 aliphatic rings. The summed E-state index contributed by atoms with van der Waals surface area (Å²) in [6.45, 7) is 0. The number of halogens is 1. The van der Waals surface area contributed by atoms with Gasteiger partial charge in [0.2, 0.25) is 0 Å². The topological polar surface area (TPSA) is 85.0 Å². The molecule has 1 heterocycles. The lowest BCUT2D eigenvalue weighted by Crippen LogP contribution is -2.32. The Morgan fingerprint density at radius 2 is 1.71 bits per heavy atom. The minimum absolute atomic E-state index is 0.0269. The first-order chi connectivity index (χ1) is 15.0. The minimum atomic E-state index is -0.474. The summed E-state index contributed by atoms with van der Waals surface area (Å²) >= 11 is 6.01. The third kappa shape index (κ3) is 4.04. The molecule has 0 bridgehead atoms. The lowest BCUT2D eigenvalue weighted by Gasteiger charge is -2.20. The van der Waals surface area contributed by atoms with Gasteiger partial charge < -0.3 is 4.74 Å². The van der Waals surface area contributed by atoms with Gasteiger partial charge >= 0.3 is 0 Å². The maximum Gasteiger partial charge on any atom is 0.282 e. The summed E-state index contributed by atoms with van der Waals surface area (Å²) in [5.41, 5.74) is 2.05. The Morgan fingerprint density at radius 1 is 1.03 bits per heavy atom. The zero-order valence-corrected chi connectivity index (χ0v) is 17.1. The van der Waals surface area contributed by atoms with Gasteiger partial charge in [-0.2, -0.15) is 0 Å². The Labute approximate surface area is 183 Å². The predicted octanol–water partition coefficient (Wildman–Crippen LogP) is 5.09. The summed E-state index contributed by atoms with van der Waals surface area (Å²) < 4.78 is 5.46. The summed E-state index contributed by atoms with van der Waals surface area (Å²) in [7, 11) is 1.55. The molecular formula is C23H16ClN3O4. The van der Waals surface area contributed by atoms with Gasteiger partial charge in [0.1, 0.15) is 11.4 Å². The van der Waals surface area contributed by atoms with Crippen LogP contribution in [0.3, 0.4) is 0 Å². The van der Waals surface area contributed by atoms with Crippen molar-refractivity contribution in [1.29, 1.82) is 0 Å². The average molecular weight is 434 g/mol. The lowest BCUT2D eigenvalue weighted by molar-refractivity contribution is -0.384. The normalized spacial score (nSPS) is 14.6. The fourth-order valence-electron chi connectivity index (χ4n) is 3.21. The molecular weight excluding hydrogens is 418 g/mol. The smallest absolute Gasteiger partial charge is 0.282 e. The van der Waals surface area contributed by atoms with Gasteiger partial charge in [0.25, 0.3) is 11.6 Å². The van der Waals surface area contributed by atoms with E-state index in [9.17, 15) is 14.9 Å². The second-order valence-corrected chi connectivity index (χ2v) is 7.07. The van der Waals surface area contributed by atoms with E-state index in [0.29, 0.717) is 33.4 Å². The number of amidine groups is 1. The summed E-state index contributed by atoms with van der Waals surface area (Å²) in [4.78, 5) is 29.8. The number of nitrogens with zero attached hydrogens (tertiary/aromatic N) is 3. The molecule has 0 saturated heterocycles. The van der Waals surface area contributed by atoms with Crippen molar-refractivity contribution in [3.63, 3.8) is 0 Å². The van der Waals surface area contributed by atoms with E-state index in [1.165, 1.54) is 17.0 Å². The molecule has 3 aromatic carbocycles. The number of benzene rings is 3. The Balaban J connectivity index is 1.82. The Bertz CT molecular complexity index is 1220. The first-order valence-corrected chi connectivity index (χ1v) is 9.64. The fraction of sp³-hybridized carbons (Fsp3) is 0.0435. The Morgan fingerprint density at radius 3 is 2.35 bits per heavy atom. The molecule has 3 aromatic rings. The molecule has 31 heavy (non-hydrogen) atoms. The zero-order valence-electron chi connectivity index (χ0n) is 16.4. The molecule has 0 atom stereocenters. The second kappa shape index (κ2) is 8.41. The lowest BCUT2D eigenvalue weighted by atomic mass is 10.1. The van der Waals surface area contributed by atoms with Gasteiger partial charge in [-0.1, -0.05) is 23.7 Å². The number of para-hydroxylation sites is 1. The molecule has 8 heteroatoms. The van der Waals surface area contributed by atoms with Crippen molar-refractivity contribution in [3.05, 3.63) is 105 Å². The number of ether oxygens (including phenoxy) is 1. The first kappa shape index (κ1) is 20.3. The van der Waals surface area contributed by atoms with Gasteiger partial charge in [0, 0.05) is 17.2 Å². The number of anilines is 1. The van der Waals surface area contributed by atoms with E-state index in [-0.39, 0.29) is 17.3 Å². The average Bonchev–Trinajstić information content (AvgIpc) is 3.10. The first-order valence-electron chi connectivity index (χ1n) is 9.26. The molecule has 0 N–H and O–H groups in total. The molecule has 4 rings (SSSR count). The van der Waals surface area contributed by atoms with Crippen LogP contribution in [0.25, 0.3) is 6.08 Å². The Kier molecular flexibility index (Phi) is 5.51. The molecule has 0 spiro atoms. The Hall–Kier alpha value is -3.97. The fourth-order valence-corrected chi connectivity index (χ4v) is 3.33. The van der Waals surface area contributed by atoms with Crippen molar-refractivity contribution in [2.45, 2.75) is 0 Å². The highest BCUT2D eigenvalue weighted by molar-refractivity contribution is 6.34. The van der Waals surface area contributed by atoms with E-state index in [2.05, 4.69) is 4.99 Å². The van der Waals surface area contributed by atoms with Crippen LogP contribution >= 0.6 is 11.6 Å². The van der Waals surface area contributed by atoms with Crippen LogP contribution in [0, 0.1) is 10.1 Å². The number of aliphatic imine (C=N–C) groups is 1. The number of hydrogen-bond donors (Lipinski definition) is 0. The molecule has 0 saturated carbocycles. The van der Waals surface area contributed by atoms with Crippen LogP contribution in [0.4, 0.5) is 11.4 Å². The summed E-state index contributed by atoms with van der Waals surface area (Å²) in [5.74, 6) is 0.657. The molecule has 0 unspecified atom stereocenters. The van der Waals surface area contributed by atoms with E-state index < -0.39 is 4.92 Å². The predicted molar refractivity (Wildman–Crippen MR) is 120 cm³/mol. The van der Waals surface area contributed by atoms with Gasteiger partial charge in [0.05, 0.1) is 23.3 Å². The number of carbonyl (C=O) groups is 1. The van der Waals surface area contributed by atoms with Crippen LogP contribution in [-0.2, 0) is 4.79 Å². The third-order valence-electron chi connectivity index (χ3n) is 4.70. The third-order valence-corrected chi connectivity index (χ3v) is 4.95. The maximum atomic E-state index is 13.3. The number of methoxy groups -OCH3 is 1. The number of rotatable bonds is 5. The molecule has 0 radical (unpaired) electrons. The standard InChI is InChI=1S/C23H16ClN3O4/c1-31-21-5-3-2-4-19(21)22-25-20(14-15-6-10-18(11-7-15)27(29)30)23(28)26(22)17-12-8-16(24)9-13-17/h2-14H,1H3/b20-14+. The monoisotopic (exact) mass is 433 g/mol. The molecule has 154 valence electrons. The van der Waals surface area contributed by atoms with E-state index in [4.69, 9.17) is 16.3 Å². The highest BCUT2D eigenvalue weighted by atomic mass is 35.5. The number of carbonyl (C=O) groups excluding carboxylic acids is 1. The van der Waals surface area contributed by atoms with Crippen molar-refractivity contribution >= 4 is 40.8 Å².